The molecule has 0 saturated carbocycles. The van der Waals surface area contributed by atoms with Crippen molar-refractivity contribution in [1.82, 2.24) is 14.8 Å². The third-order valence-electron chi connectivity index (χ3n) is 4.18. The highest BCUT2D eigenvalue weighted by atomic mass is 19.1. The second-order valence-corrected chi connectivity index (χ2v) is 7.55. The van der Waals surface area contributed by atoms with Gasteiger partial charge < -0.3 is 10.1 Å². The summed E-state index contributed by atoms with van der Waals surface area (Å²) in [7, 11) is 1.76. The molecule has 0 aliphatic carbocycles. The number of anilines is 1. The summed E-state index contributed by atoms with van der Waals surface area (Å²) in [5, 5.41) is 7.21. The lowest BCUT2D eigenvalue weighted by Gasteiger charge is -2.13. The SMILES string of the molecule is Cn1nc(C(C)(C)C)cc1NC(=O)Cc1ccc(Oc2ccncc2)cc1F. The Labute approximate surface area is 163 Å². The van der Waals surface area contributed by atoms with Crippen molar-refractivity contribution >= 4 is 11.7 Å². The number of carbonyl (C=O) groups is 1. The van der Waals surface area contributed by atoms with Crippen molar-refractivity contribution in [3.63, 3.8) is 0 Å². The van der Waals surface area contributed by atoms with E-state index in [2.05, 4.69) is 15.4 Å². The molecule has 2 heterocycles. The number of ether oxygens (including phenoxy) is 1. The Kier molecular flexibility index (Phi) is 5.44. The number of hydrogen-bond donors (Lipinski definition) is 1. The van der Waals surface area contributed by atoms with E-state index in [1.807, 2.05) is 26.8 Å². The molecular formula is C21H23FN4O2. The molecule has 0 radical (unpaired) electrons. The zero-order valence-corrected chi connectivity index (χ0v) is 16.4. The monoisotopic (exact) mass is 382 g/mol. The average molecular weight is 382 g/mol. The quantitative estimate of drug-likeness (QED) is 0.717. The number of carbonyl (C=O) groups excluding carboxylic acids is 1. The maximum Gasteiger partial charge on any atom is 0.230 e. The van der Waals surface area contributed by atoms with Crippen molar-refractivity contribution in [1.29, 1.82) is 0 Å². The van der Waals surface area contributed by atoms with Gasteiger partial charge in [-0.05, 0) is 23.8 Å². The molecule has 0 saturated heterocycles. The first-order valence-electron chi connectivity index (χ1n) is 8.93. The number of amides is 1. The van der Waals surface area contributed by atoms with Crippen LogP contribution >= 0.6 is 0 Å². The van der Waals surface area contributed by atoms with E-state index >= 15 is 0 Å². The molecule has 0 aliphatic heterocycles. The van der Waals surface area contributed by atoms with E-state index in [1.54, 1.807) is 48.4 Å². The minimum atomic E-state index is -0.498. The first kappa shape index (κ1) is 19.5. The van der Waals surface area contributed by atoms with E-state index in [0.29, 0.717) is 17.3 Å². The molecule has 1 aromatic carbocycles. The van der Waals surface area contributed by atoms with Crippen LogP contribution in [0.5, 0.6) is 11.5 Å². The topological polar surface area (TPSA) is 69.0 Å². The Balaban J connectivity index is 1.67. The van der Waals surface area contributed by atoms with E-state index in [9.17, 15) is 9.18 Å². The van der Waals surface area contributed by atoms with Gasteiger partial charge in [0.05, 0.1) is 12.1 Å². The fourth-order valence-corrected chi connectivity index (χ4v) is 2.59. The van der Waals surface area contributed by atoms with Crippen LogP contribution in [0.1, 0.15) is 32.0 Å². The highest BCUT2D eigenvalue weighted by Gasteiger charge is 2.20. The Hall–Kier alpha value is -3.22. The van der Waals surface area contributed by atoms with Crippen LogP contribution in [0, 0.1) is 5.82 Å². The largest absolute Gasteiger partial charge is 0.457 e. The summed E-state index contributed by atoms with van der Waals surface area (Å²) < 4.78 is 21.6. The van der Waals surface area contributed by atoms with E-state index in [-0.39, 0.29) is 23.3 Å². The molecule has 0 unspecified atom stereocenters. The van der Waals surface area contributed by atoms with Gasteiger partial charge in [0.25, 0.3) is 0 Å². The van der Waals surface area contributed by atoms with Crippen LogP contribution in [0.3, 0.4) is 0 Å². The average Bonchev–Trinajstić information content (AvgIpc) is 2.99. The van der Waals surface area contributed by atoms with Crippen molar-refractivity contribution in [2.75, 3.05) is 5.32 Å². The van der Waals surface area contributed by atoms with Gasteiger partial charge in [-0.1, -0.05) is 26.8 Å². The van der Waals surface area contributed by atoms with Gasteiger partial charge in [0.1, 0.15) is 23.1 Å². The van der Waals surface area contributed by atoms with Gasteiger partial charge in [0.2, 0.25) is 5.91 Å². The Morgan fingerprint density at radius 3 is 2.46 bits per heavy atom. The molecule has 3 aromatic rings. The summed E-state index contributed by atoms with van der Waals surface area (Å²) in [5.41, 5.74) is 1.03. The molecule has 3 rings (SSSR count). The van der Waals surface area contributed by atoms with Crippen LogP contribution in [-0.2, 0) is 23.7 Å². The smallest absolute Gasteiger partial charge is 0.230 e. The Morgan fingerprint density at radius 1 is 1.14 bits per heavy atom. The van der Waals surface area contributed by atoms with Gasteiger partial charge in [0, 0.05) is 37.0 Å². The summed E-state index contributed by atoms with van der Waals surface area (Å²) in [6, 6.07) is 9.64. The number of rotatable bonds is 5. The van der Waals surface area contributed by atoms with Gasteiger partial charge in [0.15, 0.2) is 0 Å². The molecule has 0 spiro atoms. The van der Waals surface area contributed by atoms with E-state index < -0.39 is 5.82 Å². The third-order valence-corrected chi connectivity index (χ3v) is 4.18. The first-order chi connectivity index (χ1) is 13.2. The van der Waals surface area contributed by atoms with Crippen molar-refractivity contribution in [3.8, 4) is 11.5 Å². The highest BCUT2D eigenvalue weighted by Crippen LogP contribution is 2.25. The number of halogens is 1. The normalized spacial score (nSPS) is 11.3. The summed E-state index contributed by atoms with van der Waals surface area (Å²) in [6.45, 7) is 6.14. The molecular weight excluding hydrogens is 359 g/mol. The lowest BCUT2D eigenvalue weighted by molar-refractivity contribution is -0.115. The molecule has 0 atom stereocenters. The number of pyridine rings is 1. The van der Waals surface area contributed by atoms with Crippen molar-refractivity contribution in [2.24, 2.45) is 7.05 Å². The Bertz CT molecular complexity index is 978. The zero-order chi connectivity index (χ0) is 20.3. The van der Waals surface area contributed by atoms with Crippen molar-refractivity contribution in [3.05, 3.63) is 65.9 Å². The van der Waals surface area contributed by atoms with Gasteiger partial charge in [-0.2, -0.15) is 5.10 Å². The van der Waals surface area contributed by atoms with Gasteiger partial charge in [-0.3, -0.25) is 14.5 Å². The van der Waals surface area contributed by atoms with Crippen LogP contribution in [0.25, 0.3) is 0 Å². The minimum Gasteiger partial charge on any atom is -0.457 e. The first-order valence-corrected chi connectivity index (χ1v) is 8.93. The molecule has 28 heavy (non-hydrogen) atoms. The molecule has 0 aliphatic rings. The number of aromatic nitrogens is 3. The predicted molar refractivity (Wildman–Crippen MR) is 105 cm³/mol. The standard InChI is InChI=1S/C21H23FN4O2/c1-21(2,3)18-13-19(26(4)25-18)24-20(27)11-14-5-6-16(12-17(14)22)28-15-7-9-23-10-8-15/h5-10,12-13H,11H2,1-4H3,(H,24,27). The summed E-state index contributed by atoms with van der Waals surface area (Å²) >= 11 is 0. The maximum absolute atomic E-state index is 14.4. The molecule has 0 bridgehead atoms. The van der Waals surface area contributed by atoms with Crippen LogP contribution < -0.4 is 10.1 Å². The highest BCUT2D eigenvalue weighted by molar-refractivity contribution is 5.91. The minimum absolute atomic E-state index is 0.0859. The van der Waals surface area contributed by atoms with Crippen LogP contribution in [0.4, 0.5) is 10.2 Å². The number of benzene rings is 1. The van der Waals surface area contributed by atoms with Crippen molar-refractivity contribution in [2.45, 2.75) is 32.6 Å². The Morgan fingerprint density at radius 2 is 1.86 bits per heavy atom. The molecule has 7 heteroatoms. The third kappa shape index (κ3) is 4.73. The second-order valence-electron chi connectivity index (χ2n) is 7.55. The number of nitrogens with one attached hydrogen (secondary N) is 1. The van der Waals surface area contributed by atoms with Crippen LogP contribution in [0.2, 0.25) is 0 Å². The number of aryl methyl sites for hydroxylation is 1. The predicted octanol–water partition coefficient (Wildman–Crippen LogP) is 4.23. The lowest BCUT2D eigenvalue weighted by Crippen LogP contribution is -2.17. The fourth-order valence-electron chi connectivity index (χ4n) is 2.59. The van der Waals surface area contributed by atoms with Crippen molar-refractivity contribution < 1.29 is 13.9 Å². The molecule has 146 valence electrons. The molecule has 0 fully saturated rings. The zero-order valence-electron chi connectivity index (χ0n) is 16.4. The van der Waals surface area contributed by atoms with Gasteiger partial charge in [-0.15, -0.1) is 0 Å². The number of hydrogen-bond acceptors (Lipinski definition) is 4. The molecule has 1 amide bonds. The van der Waals surface area contributed by atoms with Crippen LogP contribution in [-0.4, -0.2) is 20.7 Å². The molecule has 2 aromatic heterocycles. The van der Waals surface area contributed by atoms with E-state index in [0.717, 1.165) is 5.69 Å². The van der Waals surface area contributed by atoms with Gasteiger partial charge >= 0.3 is 0 Å². The summed E-state index contributed by atoms with van der Waals surface area (Å²) in [6.07, 6.45) is 3.10. The van der Waals surface area contributed by atoms with Gasteiger partial charge in [-0.25, -0.2) is 4.39 Å². The summed E-state index contributed by atoms with van der Waals surface area (Å²) in [5.74, 6) is 0.681. The summed E-state index contributed by atoms with van der Waals surface area (Å²) in [4.78, 5) is 16.3. The fraction of sp³-hybridized carbons (Fsp3) is 0.286. The lowest BCUT2D eigenvalue weighted by atomic mass is 9.92. The van der Waals surface area contributed by atoms with E-state index in [1.165, 1.54) is 6.07 Å². The second kappa shape index (κ2) is 7.80. The van der Waals surface area contributed by atoms with E-state index in [4.69, 9.17) is 4.74 Å². The number of nitrogens with zero attached hydrogens (tertiary/aromatic N) is 3. The molecule has 1 N–H and O–H groups in total. The van der Waals surface area contributed by atoms with Crippen LogP contribution in [0.15, 0.2) is 48.8 Å². The molecule has 6 nitrogen and oxygen atoms in total. The maximum atomic E-state index is 14.4.